The number of hydrogen-bond donors (Lipinski definition) is 1. The summed E-state index contributed by atoms with van der Waals surface area (Å²) in [6, 6.07) is 0. The van der Waals surface area contributed by atoms with Crippen LogP contribution in [0.2, 0.25) is 0 Å². The molecule has 3 heteroatoms. The van der Waals surface area contributed by atoms with Crippen molar-refractivity contribution < 1.29 is 4.74 Å². The van der Waals surface area contributed by atoms with E-state index in [0.29, 0.717) is 0 Å². The highest BCUT2D eigenvalue weighted by Gasteiger charge is 2.17. The lowest BCUT2D eigenvalue weighted by molar-refractivity contribution is 0.168. The zero-order valence-electron chi connectivity index (χ0n) is 11.0. The Kier molecular flexibility index (Phi) is 7.81. The third-order valence-corrected chi connectivity index (χ3v) is 3.49. The standard InChI is InChI=1S/C13H28N2O/c1-3-13-6-4-9-15(12-13)10-5-7-14-8-11-16-2/h13-14H,3-12H2,1-2H3. The van der Waals surface area contributed by atoms with E-state index in [1.807, 2.05) is 0 Å². The monoisotopic (exact) mass is 228 g/mol. The largest absolute Gasteiger partial charge is 0.383 e. The average molecular weight is 228 g/mol. The van der Waals surface area contributed by atoms with Crippen LogP contribution in [-0.2, 0) is 4.74 Å². The first-order valence-electron chi connectivity index (χ1n) is 6.78. The number of hydrogen-bond acceptors (Lipinski definition) is 3. The van der Waals surface area contributed by atoms with Crippen molar-refractivity contribution in [3.8, 4) is 0 Å². The molecule has 1 aliphatic rings. The molecule has 96 valence electrons. The molecule has 0 aromatic heterocycles. The molecule has 1 heterocycles. The molecule has 0 saturated carbocycles. The molecule has 1 N–H and O–H groups in total. The number of nitrogens with one attached hydrogen (secondary N) is 1. The number of piperidine rings is 1. The fourth-order valence-electron chi connectivity index (χ4n) is 2.41. The number of likely N-dealkylation sites (tertiary alicyclic amines) is 1. The maximum atomic E-state index is 4.99. The van der Waals surface area contributed by atoms with Gasteiger partial charge >= 0.3 is 0 Å². The van der Waals surface area contributed by atoms with Crippen LogP contribution in [0.4, 0.5) is 0 Å². The maximum Gasteiger partial charge on any atom is 0.0587 e. The van der Waals surface area contributed by atoms with Gasteiger partial charge in [-0.05, 0) is 44.8 Å². The summed E-state index contributed by atoms with van der Waals surface area (Å²) in [7, 11) is 1.75. The molecule has 1 aliphatic heterocycles. The molecule has 0 radical (unpaired) electrons. The lowest BCUT2D eigenvalue weighted by atomic mass is 9.95. The van der Waals surface area contributed by atoms with E-state index < -0.39 is 0 Å². The van der Waals surface area contributed by atoms with Gasteiger partial charge in [-0.1, -0.05) is 13.3 Å². The summed E-state index contributed by atoms with van der Waals surface area (Å²) in [6.45, 7) is 9.15. The number of rotatable bonds is 8. The fourth-order valence-corrected chi connectivity index (χ4v) is 2.41. The second kappa shape index (κ2) is 8.97. The summed E-state index contributed by atoms with van der Waals surface area (Å²) >= 11 is 0. The summed E-state index contributed by atoms with van der Waals surface area (Å²) in [4.78, 5) is 2.63. The van der Waals surface area contributed by atoms with Crippen molar-refractivity contribution in [2.24, 2.45) is 5.92 Å². The minimum atomic E-state index is 0.821. The first kappa shape index (κ1) is 13.9. The van der Waals surface area contributed by atoms with Crippen molar-refractivity contribution in [3.05, 3.63) is 0 Å². The molecular formula is C13H28N2O. The van der Waals surface area contributed by atoms with E-state index >= 15 is 0 Å². The molecule has 1 saturated heterocycles. The molecular weight excluding hydrogens is 200 g/mol. The Balaban J connectivity index is 1.95. The molecule has 0 amide bonds. The Bertz CT molecular complexity index is 164. The van der Waals surface area contributed by atoms with Gasteiger partial charge in [-0.15, -0.1) is 0 Å². The van der Waals surface area contributed by atoms with Crippen LogP contribution >= 0.6 is 0 Å². The average Bonchev–Trinajstić information content (AvgIpc) is 2.34. The second-order valence-electron chi connectivity index (χ2n) is 4.81. The quantitative estimate of drug-likeness (QED) is 0.640. The van der Waals surface area contributed by atoms with Crippen LogP contribution in [0.15, 0.2) is 0 Å². The number of ether oxygens (including phenoxy) is 1. The van der Waals surface area contributed by atoms with Crippen LogP contribution in [0.5, 0.6) is 0 Å². The normalized spacial score (nSPS) is 22.5. The first-order valence-corrected chi connectivity index (χ1v) is 6.78. The highest BCUT2D eigenvalue weighted by molar-refractivity contribution is 4.72. The van der Waals surface area contributed by atoms with Crippen molar-refractivity contribution in [2.75, 3.05) is 46.4 Å². The second-order valence-corrected chi connectivity index (χ2v) is 4.81. The van der Waals surface area contributed by atoms with E-state index in [0.717, 1.165) is 25.6 Å². The van der Waals surface area contributed by atoms with Crippen molar-refractivity contribution in [1.29, 1.82) is 0 Å². The van der Waals surface area contributed by atoms with Gasteiger partial charge in [-0.25, -0.2) is 0 Å². The van der Waals surface area contributed by atoms with Crippen LogP contribution in [-0.4, -0.2) is 51.3 Å². The van der Waals surface area contributed by atoms with Crippen molar-refractivity contribution >= 4 is 0 Å². The van der Waals surface area contributed by atoms with Gasteiger partial charge in [0.25, 0.3) is 0 Å². The van der Waals surface area contributed by atoms with E-state index in [-0.39, 0.29) is 0 Å². The Morgan fingerprint density at radius 1 is 1.38 bits per heavy atom. The van der Waals surface area contributed by atoms with Crippen molar-refractivity contribution in [2.45, 2.75) is 32.6 Å². The van der Waals surface area contributed by atoms with Crippen LogP contribution < -0.4 is 5.32 Å². The summed E-state index contributed by atoms with van der Waals surface area (Å²) in [6.07, 6.45) is 5.46. The van der Waals surface area contributed by atoms with Crippen LogP contribution in [0, 0.1) is 5.92 Å². The molecule has 0 bridgehead atoms. The highest BCUT2D eigenvalue weighted by atomic mass is 16.5. The summed E-state index contributed by atoms with van der Waals surface area (Å²) in [5.41, 5.74) is 0. The molecule has 1 rings (SSSR count). The molecule has 1 unspecified atom stereocenters. The zero-order valence-corrected chi connectivity index (χ0v) is 11.0. The van der Waals surface area contributed by atoms with E-state index in [2.05, 4.69) is 17.1 Å². The van der Waals surface area contributed by atoms with Crippen molar-refractivity contribution in [1.82, 2.24) is 10.2 Å². The third kappa shape index (κ3) is 5.83. The Hall–Kier alpha value is -0.120. The van der Waals surface area contributed by atoms with Gasteiger partial charge < -0.3 is 15.0 Å². The van der Waals surface area contributed by atoms with Gasteiger partial charge in [0.15, 0.2) is 0 Å². The van der Waals surface area contributed by atoms with Gasteiger partial charge in [0.1, 0.15) is 0 Å². The minimum absolute atomic E-state index is 0.821. The van der Waals surface area contributed by atoms with Gasteiger partial charge in [-0.2, -0.15) is 0 Å². The molecule has 1 fully saturated rings. The summed E-state index contributed by atoms with van der Waals surface area (Å²) in [5.74, 6) is 0.954. The predicted octanol–water partition coefficient (Wildman–Crippen LogP) is 1.73. The van der Waals surface area contributed by atoms with Gasteiger partial charge in [0.2, 0.25) is 0 Å². The smallest absolute Gasteiger partial charge is 0.0587 e. The minimum Gasteiger partial charge on any atom is -0.383 e. The van der Waals surface area contributed by atoms with Gasteiger partial charge in [0.05, 0.1) is 6.61 Å². The van der Waals surface area contributed by atoms with Crippen LogP contribution in [0.1, 0.15) is 32.6 Å². The molecule has 0 aliphatic carbocycles. The van der Waals surface area contributed by atoms with Gasteiger partial charge in [0, 0.05) is 20.2 Å². The number of methoxy groups -OCH3 is 1. The fraction of sp³-hybridized carbons (Fsp3) is 1.00. The Morgan fingerprint density at radius 3 is 3.00 bits per heavy atom. The molecule has 3 nitrogen and oxygen atoms in total. The Labute approximate surface area is 101 Å². The van der Waals surface area contributed by atoms with E-state index in [4.69, 9.17) is 4.74 Å². The van der Waals surface area contributed by atoms with E-state index in [1.165, 1.54) is 45.3 Å². The lowest BCUT2D eigenvalue weighted by Gasteiger charge is -2.32. The molecule has 16 heavy (non-hydrogen) atoms. The SMILES string of the molecule is CCC1CCCN(CCCNCCOC)C1. The van der Waals surface area contributed by atoms with E-state index in [1.54, 1.807) is 7.11 Å². The highest BCUT2D eigenvalue weighted by Crippen LogP contribution is 2.18. The number of nitrogens with zero attached hydrogens (tertiary/aromatic N) is 1. The molecule has 1 atom stereocenters. The summed E-state index contributed by atoms with van der Waals surface area (Å²) < 4.78 is 4.99. The van der Waals surface area contributed by atoms with Gasteiger partial charge in [-0.3, -0.25) is 0 Å². The predicted molar refractivity (Wildman–Crippen MR) is 68.8 cm³/mol. The van der Waals surface area contributed by atoms with Crippen LogP contribution in [0.25, 0.3) is 0 Å². The molecule has 0 aromatic rings. The maximum absolute atomic E-state index is 4.99. The summed E-state index contributed by atoms with van der Waals surface area (Å²) in [5, 5.41) is 3.40. The van der Waals surface area contributed by atoms with E-state index in [9.17, 15) is 0 Å². The zero-order chi connectivity index (χ0) is 11.6. The Morgan fingerprint density at radius 2 is 2.25 bits per heavy atom. The van der Waals surface area contributed by atoms with Crippen LogP contribution in [0.3, 0.4) is 0 Å². The topological polar surface area (TPSA) is 24.5 Å². The molecule has 0 aromatic carbocycles. The molecule has 0 spiro atoms. The van der Waals surface area contributed by atoms with Crippen molar-refractivity contribution in [3.63, 3.8) is 0 Å². The lowest BCUT2D eigenvalue weighted by Crippen LogP contribution is -2.37. The first-order chi connectivity index (χ1) is 7.86. The third-order valence-electron chi connectivity index (χ3n) is 3.49.